The summed E-state index contributed by atoms with van der Waals surface area (Å²) >= 11 is 6.18. The fourth-order valence-corrected chi connectivity index (χ4v) is 5.01. The van der Waals surface area contributed by atoms with Gasteiger partial charge in [0.2, 0.25) is 5.91 Å². The number of methoxy groups -OCH3 is 1. The number of H-pyrrole nitrogens is 1. The highest BCUT2D eigenvalue weighted by atomic mass is 35.5. The maximum atomic E-state index is 13.1. The van der Waals surface area contributed by atoms with Gasteiger partial charge in [0, 0.05) is 55.3 Å². The maximum absolute atomic E-state index is 13.1. The Morgan fingerprint density at radius 2 is 1.82 bits per heavy atom. The Morgan fingerprint density at radius 3 is 2.54 bits per heavy atom. The number of aromatic hydroxyl groups is 1. The molecule has 0 aliphatic carbocycles. The number of benzene rings is 3. The van der Waals surface area contributed by atoms with Gasteiger partial charge in [-0.05, 0) is 31.3 Å². The van der Waals surface area contributed by atoms with Crippen LogP contribution in [0.5, 0.6) is 11.6 Å². The molecule has 0 atom stereocenters. The smallest absolute Gasteiger partial charge is 0.241 e. The van der Waals surface area contributed by atoms with Gasteiger partial charge in [-0.25, -0.2) is 4.99 Å². The van der Waals surface area contributed by atoms with Crippen LogP contribution in [0.2, 0.25) is 5.02 Å². The molecule has 0 spiro atoms. The van der Waals surface area contributed by atoms with E-state index in [0.717, 1.165) is 37.1 Å². The topological polar surface area (TPSA) is 84.4 Å². The molecule has 9 heteroatoms. The molecular formula is C30H32ClN5O3. The van der Waals surface area contributed by atoms with Crippen LogP contribution in [0.1, 0.15) is 11.1 Å². The van der Waals surface area contributed by atoms with Gasteiger partial charge in [0.05, 0.1) is 41.8 Å². The van der Waals surface area contributed by atoms with E-state index < -0.39 is 0 Å². The SMILES string of the molecule is COc1cc(N=C(c2ccccc2)c2c(O)[nH]c3cc(Cl)ccc23)ccc1N(C)C(=O)CN1CCN(C)CC1. The summed E-state index contributed by atoms with van der Waals surface area (Å²) < 4.78 is 5.69. The number of aromatic nitrogens is 1. The van der Waals surface area contributed by atoms with Crippen molar-refractivity contribution in [1.29, 1.82) is 0 Å². The van der Waals surface area contributed by atoms with Crippen molar-refractivity contribution in [2.45, 2.75) is 0 Å². The van der Waals surface area contributed by atoms with E-state index in [4.69, 9.17) is 21.3 Å². The fourth-order valence-electron chi connectivity index (χ4n) is 4.84. The number of aromatic amines is 1. The number of piperazine rings is 1. The normalized spacial score (nSPS) is 15.0. The first kappa shape index (κ1) is 26.7. The molecule has 0 bridgehead atoms. The van der Waals surface area contributed by atoms with Crippen molar-refractivity contribution >= 4 is 45.5 Å². The highest BCUT2D eigenvalue weighted by Gasteiger charge is 2.22. The lowest BCUT2D eigenvalue weighted by Crippen LogP contribution is -2.48. The molecule has 0 radical (unpaired) electrons. The molecule has 0 saturated carbocycles. The molecule has 39 heavy (non-hydrogen) atoms. The monoisotopic (exact) mass is 545 g/mol. The second-order valence-corrected chi connectivity index (χ2v) is 10.2. The highest BCUT2D eigenvalue weighted by molar-refractivity contribution is 6.31. The molecule has 1 aliphatic heterocycles. The maximum Gasteiger partial charge on any atom is 0.241 e. The number of hydrogen-bond acceptors (Lipinski definition) is 6. The third-order valence-corrected chi connectivity index (χ3v) is 7.35. The van der Waals surface area contributed by atoms with Gasteiger partial charge in [0.1, 0.15) is 5.75 Å². The summed E-state index contributed by atoms with van der Waals surface area (Å²) in [5.41, 5.74) is 4.02. The first-order valence-electron chi connectivity index (χ1n) is 12.8. The molecule has 202 valence electrons. The van der Waals surface area contributed by atoms with Gasteiger partial charge >= 0.3 is 0 Å². The van der Waals surface area contributed by atoms with Crippen LogP contribution >= 0.6 is 11.6 Å². The molecule has 8 nitrogen and oxygen atoms in total. The van der Waals surface area contributed by atoms with Crippen LogP contribution in [-0.2, 0) is 4.79 Å². The number of ether oxygens (including phenoxy) is 1. The number of halogens is 1. The minimum Gasteiger partial charge on any atom is -0.494 e. The Hall–Kier alpha value is -3.85. The number of anilines is 1. The molecule has 1 aromatic heterocycles. The van der Waals surface area contributed by atoms with Gasteiger partial charge in [-0.15, -0.1) is 0 Å². The number of fused-ring (bicyclic) bond motifs is 1. The first-order valence-corrected chi connectivity index (χ1v) is 13.2. The number of carbonyl (C=O) groups is 1. The van der Waals surface area contributed by atoms with Crippen molar-refractivity contribution in [3.63, 3.8) is 0 Å². The van der Waals surface area contributed by atoms with Gasteiger partial charge in [-0.2, -0.15) is 0 Å². The minimum atomic E-state index is 0.00135. The third-order valence-electron chi connectivity index (χ3n) is 7.12. The quantitative estimate of drug-likeness (QED) is 0.322. The second-order valence-electron chi connectivity index (χ2n) is 9.75. The molecule has 0 unspecified atom stereocenters. The number of hydrogen-bond donors (Lipinski definition) is 2. The van der Waals surface area contributed by atoms with Crippen LogP contribution in [-0.4, -0.2) is 85.4 Å². The molecule has 2 N–H and O–H groups in total. The van der Waals surface area contributed by atoms with Crippen LogP contribution in [0.3, 0.4) is 0 Å². The zero-order valence-electron chi connectivity index (χ0n) is 22.3. The molecule has 3 aromatic carbocycles. The van der Waals surface area contributed by atoms with Crippen molar-refractivity contribution in [3.8, 4) is 11.6 Å². The number of aliphatic imine (C=N–C) groups is 1. The van der Waals surface area contributed by atoms with E-state index >= 15 is 0 Å². The average Bonchev–Trinajstić information content (AvgIpc) is 3.27. The van der Waals surface area contributed by atoms with E-state index in [1.165, 1.54) is 0 Å². The average molecular weight is 546 g/mol. The molecule has 2 heterocycles. The van der Waals surface area contributed by atoms with Gasteiger partial charge in [-0.1, -0.05) is 48.0 Å². The van der Waals surface area contributed by atoms with E-state index in [1.807, 2.05) is 48.5 Å². The number of rotatable bonds is 7. The molecule has 1 fully saturated rings. The van der Waals surface area contributed by atoms with Crippen LogP contribution in [0.25, 0.3) is 10.9 Å². The van der Waals surface area contributed by atoms with Crippen molar-refractivity contribution in [1.82, 2.24) is 14.8 Å². The Balaban J connectivity index is 1.50. The summed E-state index contributed by atoms with van der Waals surface area (Å²) in [5, 5.41) is 12.3. The summed E-state index contributed by atoms with van der Waals surface area (Å²) in [7, 11) is 5.45. The van der Waals surface area contributed by atoms with Crippen molar-refractivity contribution in [2.24, 2.45) is 4.99 Å². The lowest BCUT2D eigenvalue weighted by atomic mass is 10.0. The van der Waals surface area contributed by atoms with Gasteiger partial charge in [0.15, 0.2) is 5.88 Å². The lowest BCUT2D eigenvalue weighted by molar-refractivity contribution is -0.119. The molecule has 5 rings (SSSR count). The predicted octanol–water partition coefficient (Wildman–Crippen LogP) is 4.91. The van der Waals surface area contributed by atoms with Crippen molar-refractivity contribution in [3.05, 3.63) is 82.9 Å². The number of likely N-dealkylation sites (N-methyl/N-ethyl adjacent to an activating group) is 2. The van der Waals surface area contributed by atoms with Crippen molar-refractivity contribution < 1.29 is 14.6 Å². The van der Waals surface area contributed by atoms with Gasteiger partial charge in [0.25, 0.3) is 0 Å². The zero-order valence-corrected chi connectivity index (χ0v) is 23.1. The summed E-state index contributed by atoms with van der Waals surface area (Å²) in [6.45, 7) is 4.01. The number of carbonyl (C=O) groups excluding carboxylic acids is 1. The van der Waals surface area contributed by atoms with Crippen LogP contribution in [0.15, 0.2) is 71.7 Å². The second kappa shape index (κ2) is 11.5. The Kier molecular flexibility index (Phi) is 7.88. The number of nitrogens with one attached hydrogen (secondary N) is 1. The van der Waals surface area contributed by atoms with Gasteiger partial charge in [-0.3, -0.25) is 9.69 Å². The summed E-state index contributed by atoms with van der Waals surface area (Å²) in [6.07, 6.45) is 0. The lowest BCUT2D eigenvalue weighted by Gasteiger charge is -2.33. The summed E-state index contributed by atoms with van der Waals surface area (Å²) in [5.74, 6) is 0.543. The van der Waals surface area contributed by atoms with E-state index in [-0.39, 0.29) is 11.8 Å². The predicted molar refractivity (Wildman–Crippen MR) is 157 cm³/mol. The summed E-state index contributed by atoms with van der Waals surface area (Å²) in [6, 6.07) is 20.6. The van der Waals surface area contributed by atoms with E-state index in [9.17, 15) is 9.90 Å². The molecule has 4 aromatic rings. The molecular weight excluding hydrogens is 514 g/mol. The van der Waals surface area contributed by atoms with E-state index in [2.05, 4.69) is 21.8 Å². The number of nitrogens with zero attached hydrogens (tertiary/aromatic N) is 4. The Morgan fingerprint density at radius 1 is 1.08 bits per heavy atom. The Labute approximate surface area is 233 Å². The number of amides is 1. The molecule has 1 amide bonds. The van der Waals surface area contributed by atoms with Crippen LogP contribution < -0.4 is 9.64 Å². The minimum absolute atomic E-state index is 0.00135. The Bertz CT molecular complexity index is 1510. The van der Waals surface area contributed by atoms with E-state index in [0.29, 0.717) is 45.5 Å². The van der Waals surface area contributed by atoms with E-state index in [1.54, 1.807) is 37.3 Å². The zero-order chi connectivity index (χ0) is 27.5. The molecule has 1 aliphatic rings. The first-order chi connectivity index (χ1) is 18.8. The highest BCUT2D eigenvalue weighted by Crippen LogP contribution is 2.35. The fraction of sp³-hybridized carbons (Fsp3) is 0.267. The van der Waals surface area contributed by atoms with Gasteiger partial charge < -0.3 is 24.6 Å². The largest absolute Gasteiger partial charge is 0.494 e. The van der Waals surface area contributed by atoms with Crippen LogP contribution in [0.4, 0.5) is 11.4 Å². The standard InChI is InChI=1S/C30H32ClN5O3/c1-34-13-15-36(16-14-34)19-27(37)35(2)25-12-10-22(18-26(25)39-3)32-29(20-7-5-4-6-8-20)28-23-11-9-21(31)17-24(23)33-30(28)38/h4-12,17-18,33,38H,13-16,19H2,1-3H3. The summed E-state index contributed by atoms with van der Waals surface area (Å²) in [4.78, 5) is 27.2. The molecule has 1 saturated heterocycles. The third kappa shape index (κ3) is 5.78. The van der Waals surface area contributed by atoms with Crippen LogP contribution in [0, 0.1) is 0 Å². The van der Waals surface area contributed by atoms with Crippen molar-refractivity contribution in [2.75, 3.05) is 58.8 Å².